The summed E-state index contributed by atoms with van der Waals surface area (Å²) in [4.78, 5) is 0. The zero-order valence-electron chi connectivity index (χ0n) is 26.3. The normalized spacial score (nSPS) is 32.6. The van der Waals surface area contributed by atoms with Gasteiger partial charge in [0, 0.05) is 0 Å². The van der Waals surface area contributed by atoms with Gasteiger partial charge in [0.1, 0.15) is 0 Å². The van der Waals surface area contributed by atoms with Gasteiger partial charge in [0.2, 0.25) is 6.71 Å². The first-order valence-corrected chi connectivity index (χ1v) is 16.1. The van der Waals surface area contributed by atoms with Crippen LogP contribution < -0.4 is 5.46 Å². The largest absolute Gasteiger partial charge is 0.209 e. The molecule has 4 unspecified atom stereocenters. The van der Waals surface area contributed by atoms with Gasteiger partial charge in [-0.05, 0) is 113 Å². The van der Waals surface area contributed by atoms with Gasteiger partial charge in [0.15, 0.2) is 0 Å². The van der Waals surface area contributed by atoms with Gasteiger partial charge >= 0.3 is 0 Å². The Hall–Kier alpha value is -1.50. The molecule has 1 heteroatoms. The molecule has 1 aromatic rings. The molecule has 5 rings (SSSR count). The quantitative estimate of drug-likeness (QED) is 0.334. The van der Waals surface area contributed by atoms with Crippen molar-refractivity contribution in [1.82, 2.24) is 0 Å². The molecule has 1 fully saturated rings. The summed E-state index contributed by atoms with van der Waals surface area (Å²) in [7, 11) is 0. The van der Waals surface area contributed by atoms with Gasteiger partial charge in [-0.1, -0.05) is 116 Å². The van der Waals surface area contributed by atoms with Crippen LogP contribution in [-0.4, -0.2) is 6.71 Å². The molecule has 0 aromatic heterocycles. The minimum atomic E-state index is 0.279. The molecule has 0 saturated heterocycles. The third-order valence-electron chi connectivity index (χ3n) is 12.4. The van der Waals surface area contributed by atoms with Gasteiger partial charge in [-0.2, -0.15) is 0 Å². The van der Waals surface area contributed by atoms with Crippen LogP contribution in [0.5, 0.6) is 0 Å². The van der Waals surface area contributed by atoms with Crippen molar-refractivity contribution in [2.24, 2.45) is 34.5 Å². The van der Waals surface area contributed by atoms with Gasteiger partial charge in [0.05, 0.1) is 0 Å². The Balaban J connectivity index is 1.55. The van der Waals surface area contributed by atoms with Crippen LogP contribution in [0.3, 0.4) is 0 Å². The summed E-state index contributed by atoms with van der Waals surface area (Å²) in [5.74, 6) is 2.87. The van der Waals surface area contributed by atoms with E-state index in [0.29, 0.717) is 23.5 Å². The molecular formula is C37H55B. The van der Waals surface area contributed by atoms with E-state index in [2.05, 4.69) is 93.2 Å². The maximum Gasteiger partial charge on any atom is 0.209 e. The molecule has 0 radical (unpaired) electrons. The van der Waals surface area contributed by atoms with Crippen molar-refractivity contribution in [1.29, 1.82) is 0 Å². The molecule has 1 aromatic carbocycles. The van der Waals surface area contributed by atoms with E-state index in [1.54, 1.807) is 38.8 Å². The van der Waals surface area contributed by atoms with E-state index >= 15 is 0 Å². The standard InChI is InChI=1S/C37H55B/c1-11-29-27(15-17-34-35(7,8)18-13-19-37(29,34)10)21-32(25(5)6)38-23-28-20-26-14-16-30(24(3)4)36(9,12-2)31(26)22-33(28)38/h11,20-22,24-25,30,34H,1,12-19,23H2,2-10H3/b32-21-. The highest BCUT2D eigenvalue weighted by Crippen LogP contribution is 2.60. The number of rotatable bonds is 6. The van der Waals surface area contributed by atoms with E-state index in [4.69, 9.17) is 0 Å². The van der Waals surface area contributed by atoms with Crippen molar-refractivity contribution < 1.29 is 0 Å². The molecule has 4 aliphatic rings. The fourth-order valence-corrected chi connectivity index (χ4v) is 10.1. The van der Waals surface area contributed by atoms with E-state index < -0.39 is 0 Å². The highest BCUT2D eigenvalue weighted by Gasteiger charge is 2.50. The van der Waals surface area contributed by atoms with Crippen molar-refractivity contribution in [2.45, 2.75) is 125 Å². The van der Waals surface area contributed by atoms with Gasteiger partial charge in [-0.25, -0.2) is 0 Å². The number of fused-ring (bicyclic) bond motifs is 3. The first-order valence-electron chi connectivity index (χ1n) is 16.1. The third-order valence-corrected chi connectivity index (χ3v) is 12.4. The molecule has 1 heterocycles. The van der Waals surface area contributed by atoms with Crippen LogP contribution in [0.2, 0.25) is 0 Å². The number of hydrogen-bond acceptors (Lipinski definition) is 0. The molecule has 1 aliphatic heterocycles. The summed E-state index contributed by atoms with van der Waals surface area (Å²) in [5.41, 5.74) is 12.5. The van der Waals surface area contributed by atoms with Crippen molar-refractivity contribution in [3.63, 3.8) is 0 Å². The lowest BCUT2D eigenvalue weighted by Crippen LogP contribution is -2.51. The van der Waals surface area contributed by atoms with Crippen molar-refractivity contribution in [3.05, 3.63) is 64.2 Å². The van der Waals surface area contributed by atoms with Gasteiger partial charge in [-0.15, -0.1) is 0 Å². The molecule has 3 aliphatic carbocycles. The Morgan fingerprint density at radius 2 is 1.76 bits per heavy atom. The lowest BCUT2D eigenvalue weighted by Gasteiger charge is -2.54. The zero-order valence-corrected chi connectivity index (χ0v) is 26.3. The molecule has 38 heavy (non-hydrogen) atoms. The predicted octanol–water partition coefficient (Wildman–Crippen LogP) is 9.60. The summed E-state index contributed by atoms with van der Waals surface area (Å²) in [6.45, 7) is 27.3. The molecular weight excluding hydrogens is 455 g/mol. The summed E-state index contributed by atoms with van der Waals surface area (Å²) in [5, 5.41) is 0. The predicted molar refractivity (Wildman–Crippen MR) is 168 cm³/mol. The van der Waals surface area contributed by atoms with E-state index in [0.717, 1.165) is 17.8 Å². The molecule has 4 atom stereocenters. The second-order valence-electron chi connectivity index (χ2n) is 15.4. The highest BCUT2D eigenvalue weighted by atomic mass is 14.5. The maximum atomic E-state index is 4.39. The first kappa shape index (κ1) is 28.0. The second kappa shape index (κ2) is 9.85. The number of allylic oxidation sites excluding steroid dienone is 5. The maximum absolute atomic E-state index is 4.39. The molecule has 1 saturated carbocycles. The topological polar surface area (TPSA) is 0 Å². The lowest BCUT2D eigenvalue weighted by atomic mass is 9.27. The van der Waals surface area contributed by atoms with Crippen molar-refractivity contribution >= 4 is 12.2 Å². The van der Waals surface area contributed by atoms with Crippen LogP contribution in [0, 0.1) is 34.5 Å². The van der Waals surface area contributed by atoms with E-state index in [1.165, 1.54) is 57.7 Å². The average molecular weight is 511 g/mol. The molecule has 206 valence electrons. The number of hydrogen-bond donors (Lipinski definition) is 0. The summed E-state index contributed by atoms with van der Waals surface area (Å²) in [6, 6.07) is 5.31. The summed E-state index contributed by atoms with van der Waals surface area (Å²) in [6.07, 6.45) is 16.6. The Labute approximate surface area is 235 Å². The highest BCUT2D eigenvalue weighted by molar-refractivity contribution is 6.83. The SMILES string of the molecule is C=CC1=C(/C=C(\B2Cc3cc4c(cc32)C(C)(CC)C(C(C)C)CC4)C(C)C)CCC2C(C)(C)CCCC12C. The Morgan fingerprint density at radius 3 is 2.39 bits per heavy atom. The van der Waals surface area contributed by atoms with Crippen LogP contribution in [0.25, 0.3) is 0 Å². The fourth-order valence-electron chi connectivity index (χ4n) is 10.1. The first-order chi connectivity index (χ1) is 17.9. The van der Waals surface area contributed by atoms with Gasteiger partial charge in [0.25, 0.3) is 0 Å². The van der Waals surface area contributed by atoms with Crippen molar-refractivity contribution in [2.75, 3.05) is 0 Å². The average Bonchev–Trinajstić information content (AvgIpc) is 2.83. The minimum absolute atomic E-state index is 0.279. The smallest absolute Gasteiger partial charge is 0.0988 e. The Kier molecular flexibility index (Phi) is 7.27. The van der Waals surface area contributed by atoms with E-state index in [1.807, 2.05) is 0 Å². The van der Waals surface area contributed by atoms with E-state index in [-0.39, 0.29) is 5.41 Å². The van der Waals surface area contributed by atoms with Crippen LogP contribution in [-0.2, 0) is 18.2 Å². The molecule has 0 spiro atoms. The monoisotopic (exact) mass is 510 g/mol. The molecule has 0 bridgehead atoms. The third kappa shape index (κ3) is 4.25. The second-order valence-corrected chi connectivity index (χ2v) is 15.4. The molecule has 0 nitrogen and oxygen atoms in total. The van der Waals surface area contributed by atoms with Crippen LogP contribution in [0.1, 0.15) is 124 Å². The lowest BCUT2D eigenvalue weighted by molar-refractivity contribution is 0.0159. The van der Waals surface area contributed by atoms with Gasteiger partial charge < -0.3 is 0 Å². The van der Waals surface area contributed by atoms with Gasteiger partial charge in [-0.3, -0.25) is 0 Å². The summed E-state index contributed by atoms with van der Waals surface area (Å²) >= 11 is 0. The van der Waals surface area contributed by atoms with Crippen LogP contribution in [0.15, 0.2) is 47.5 Å². The van der Waals surface area contributed by atoms with Crippen LogP contribution in [0.4, 0.5) is 0 Å². The van der Waals surface area contributed by atoms with E-state index in [9.17, 15) is 0 Å². The van der Waals surface area contributed by atoms with Crippen LogP contribution >= 0.6 is 0 Å². The van der Waals surface area contributed by atoms with Crippen molar-refractivity contribution in [3.8, 4) is 0 Å². The number of aryl methyl sites for hydroxylation is 1. The zero-order chi connectivity index (χ0) is 27.6. The Morgan fingerprint density at radius 1 is 1.03 bits per heavy atom. The number of benzene rings is 1. The fraction of sp³-hybridized carbons (Fsp3) is 0.676. The minimum Gasteiger partial charge on any atom is -0.0988 e. The molecule has 0 N–H and O–H groups in total. The Bertz CT molecular complexity index is 1160. The molecule has 0 amide bonds. The summed E-state index contributed by atoms with van der Waals surface area (Å²) < 4.78 is 0.